The quantitative estimate of drug-likeness (QED) is 0.284. The van der Waals surface area contributed by atoms with Gasteiger partial charge in [-0.05, 0) is 66.3 Å². The smallest absolute Gasteiger partial charge is 0.200 e. The van der Waals surface area contributed by atoms with E-state index in [4.69, 9.17) is 2.74 Å². The van der Waals surface area contributed by atoms with E-state index in [1.165, 1.54) is 22.3 Å². The van der Waals surface area contributed by atoms with Crippen LogP contribution in [0.25, 0.3) is 32.8 Å². The second-order valence-electron chi connectivity index (χ2n) is 8.02. The van der Waals surface area contributed by atoms with E-state index < -0.39 is 0 Å². The Labute approximate surface area is 165 Å². The highest BCUT2D eigenvalue weighted by Gasteiger charge is 2.19. The summed E-state index contributed by atoms with van der Waals surface area (Å²) in [6.07, 6.45) is 0.244. The van der Waals surface area contributed by atoms with Gasteiger partial charge in [0.1, 0.15) is 8.42 Å². The number of nitrogens with zero attached hydrogens (tertiary/aromatic N) is 1. The molecule has 0 radical (unpaired) electrons. The van der Waals surface area contributed by atoms with E-state index in [9.17, 15) is 0 Å². The van der Waals surface area contributed by atoms with Gasteiger partial charge in [0.2, 0.25) is 5.69 Å². The standard InChI is InChI=1S/C26H28N/c1-16(2)21-8-7-20-9-10-23-22(25(20)15-21)11-12-27(6)26(23)24-14-17(3)13-18(4)19(24)5/h7-16H,1-6H3/q+1/i11D,12D. The van der Waals surface area contributed by atoms with Gasteiger partial charge in [-0.15, -0.1) is 0 Å². The van der Waals surface area contributed by atoms with E-state index in [0.717, 1.165) is 32.8 Å². The van der Waals surface area contributed by atoms with Crippen molar-refractivity contribution in [3.05, 3.63) is 76.9 Å². The Morgan fingerprint density at radius 2 is 1.63 bits per heavy atom. The monoisotopic (exact) mass is 356 g/mol. The molecule has 0 bridgehead atoms. The molecule has 0 amide bonds. The summed E-state index contributed by atoms with van der Waals surface area (Å²) >= 11 is 0. The number of hydrogen-bond acceptors (Lipinski definition) is 0. The molecule has 0 saturated heterocycles. The van der Waals surface area contributed by atoms with E-state index in [2.05, 4.69) is 77.1 Å². The number of fused-ring (bicyclic) bond motifs is 3. The Hall–Kier alpha value is -2.67. The molecular formula is C26H28N+. The molecule has 0 aliphatic rings. The molecule has 0 aliphatic heterocycles. The van der Waals surface area contributed by atoms with Gasteiger partial charge in [0.05, 0.1) is 12.3 Å². The minimum absolute atomic E-state index is 0.244. The van der Waals surface area contributed by atoms with E-state index >= 15 is 0 Å². The summed E-state index contributed by atoms with van der Waals surface area (Å²) in [6, 6.07) is 15.5. The molecule has 4 aromatic rings. The van der Waals surface area contributed by atoms with E-state index in [1.807, 2.05) is 11.6 Å². The second kappa shape index (κ2) is 6.49. The highest BCUT2D eigenvalue weighted by atomic mass is 14.9. The third kappa shape index (κ3) is 2.92. The highest BCUT2D eigenvalue weighted by Crippen LogP contribution is 2.34. The molecule has 0 aliphatic carbocycles. The van der Waals surface area contributed by atoms with Crippen LogP contribution in [0.15, 0.2) is 54.7 Å². The van der Waals surface area contributed by atoms with Gasteiger partial charge in [-0.25, -0.2) is 4.57 Å². The number of rotatable bonds is 2. The van der Waals surface area contributed by atoms with Gasteiger partial charge in [0.15, 0.2) is 6.17 Å². The molecule has 1 aromatic heterocycles. The van der Waals surface area contributed by atoms with Crippen molar-refractivity contribution in [1.82, 2.24) is 0 Å². The fourth-order valence-corrected chi connectivity index (χ4v) is 4.02. The zero-order chi connectivity index (χ0) is 21.0. The topological polar surface area (TPSA) is 3.88 Å². The van der Waals surface area contributed by atoms with E-state index in [-0.39, 0.29) is 6.17 Å². The van der Waals surface area contributed by atoms with Crippen molar-refractivity contribution in [2.45, 2.75) is 40.5 Å². The number of pyridine rings is 1. The normalized spacial score (nSPS) is 12.7. The van der Waals surface area contributed by atoms with Crippen LogP contribution < -0.4 is 4.57 Å². The highest BCUT2D eigenvalue weighted by molar-refractivity contribution is 6.11. The predicted molar refractivity (Wildman–Crippen MR) is 116 cm³/mol. The fourth-order valence-electron chi connectivity index (χ4n) is 4.02. The van der Waals surface area contributed by atoms with Crippen molar-refractivity contribution in [3.8, 4) is 11.3 Å². The van der Waals surface area contributed by atoms with Gasteiger partial charge in [-0.3, -0.25) is 0 Å². The summed E-state index contributed by atoms with van der Waals surface area (Å²) < 4.78 is 19.3. The van der Waals surface area contributed by atoms with Gasteiger partial charge in [-0.2, -0.15) is 0 Å². The van der Waals surface area contributed by atoms with Gasteiger partial charge in [0, 0.05) is 11.4 Å². The number of benzene rings is 3. The molecule has 27 heavy (non-hydrogen) atoms. The van der Waals surface area contributed by atoms with Crippen molar-refractivity contribution >= 4 is 21.5 Å². The Bertz CT molecular complexity index is 1290. The first-order valence-corrected chi connectivity index (χ1v) is 9.64. The molecule has 1 nitrogen and oxygen atoms in total. The van der Waals surface area contributed by atoms with E-state index in [0.29, 0.717) is 12.0 Å². The first-order valence-electron chi connectivity index (χ1n) is 10.6. The summed E-state index contributed by atoms with van der Waals surface area (Å²) in [6.45, 7) is 10.8. The lowest BCUT2D eigenvalue weighted by Gasteiger charge is -2.13. The van der Waals surface area contributed by atoms with Crippen LogP contribution in [0.2, 0.25) is 0 Å². The Morgan fingerprint density at radius 1 is 0.889 bits per heavy atom. The molecule has 0 fully saturated rings. The molecule has 0 unspecified atom stereocenters. The van der Waals surface area contributed by atoms with Crippen molar-refractivity contribution in [2.75, 3.05) is 0 Å². The molecule has 3 aromatic carbocycles. The maximum absolute atomic E-state index is 8.78. The summed E-state index contributed by atoms with van der Waals surface area (Å²) in [5.41, 5.74) is 7.09. The average molecular weight is 357 g/mol. The zero-order valence-electron chi connectivity index (χ0n) is 19.1. The number of aryl methyl sites for hydroxylation is 2. The van der Waals surface area contributed by atoms with Crippen LogP contribution in [0, 0.1) is 20.8 Å². The maximum atomic E-state index is 8.78. The Morgan fingerprint density at radius 3 is 2.37 bits per heavy atom. The first kappa shape index (κ1) is 15.4. The SMILES string of the molecule is [2H]c1c([2H])[n+](C)c(-c2cc(C)cc(C)c2C)c2ccc3ccc(C(C)C)cc3c12. The van der Waals surface area contributed by atoms with E-state index in [1.54, 1.807) is 0 Å². The minimum Gasteiger partial charge on any atom is -0.200 e. The molecule has 4 rings (SSSR count). The van der Waals surface area contributed by atoms with Crippen LogP contribution in [-0.4, -0.2) is 0 Å². The summed E-state index contributed by atoms with van der Waals surface area (Å²) in [7, 11) is 1.90. The van der Waals surface area contributed by atoms with Gasteiger partial charge in [0.25, 0.3) is 0 Å². The van der Waals surface area contributed by atoms with Crippen molar-refractivity contribution < 1.29 is 7.31 Å². The molecular weight excluding hydrogens is 326 g/mol. The molecule has 1 heterocycles. The summed E-state index contributed by atoms with van der Waals surface area (Å²) in [4.78, 5) is 0. The van der Waals surface area contributed by atoms with Crippen LogP contribution in [0.3, 0.4) is 0 Å². The predicted octanol–water partition coefficient (Wildman–Crippen LogP) is 6.53. The largest absolute Gasteiger partial charge is 0.220 e. The van der Waals surface area contributed by atoms with Crippen LogP contribution in [0.4, 0.5) is 0 Å². The third-order valence-electron chi connectivity index (χ3n) is 5.72. The van der Waals surface area contributed by atoms with Crippen LogP contribution >= 0.6 is 0 Å². The summed E-state index contributed by atoms with van der Waals surface area (Å²) in [5, 5.41) is 4.10. The Kier molecular flexibility index (Phi) is 3.70. The van der Waals surface area contributed by atoms with Crippen molar-refractivity contribution in [3.63, 3.8) is 0 Å². The zero-order valence-corrected chi connectivity index (χ0v) is 17.1. The maximum Gasteiger partial charge on any atom is 0.220 e. The molecule has 0 spiro atoms. The Balaban J connectivity index is 2.23. The van der Waals surface area contributed by atoms with Crippen molar-refractivity contribution in [2.24, 2.45) is 7.05 Å². The van der Waals surface area contributed by atoms with Crippen LogP contribution in [-0.2, 0) is 7.05 Å². The lowest BCUT2D eigenvalue weighted by Crippen LogP contribution is -2.30. The molecule has 0 saturated carbocycles. The number of aromatic nitrogens is 1. The lowest BCUT2D eigenvalue weighted by atomic mass is 9.92. The van der Waals surface area contributed by atoms with Crippen LogP contribution in [0.5, 0.6) is 0 Å². The lowest BCUT2D eigenvalue weighted by molar-refractivity contribution is -0.659. The molecule has 136 valence electrons. The van der Waals surface area contributed by atoms with Gasteiger partial charge >= 0.3 is 0 Å². The molecule has 1 heteroatoms. The third-order valence-corrected chi connectivity index (χ3v) is 5.72. The average Bonchev–Trinajstić information content (AvgIpc) is 2.68. The van der Waals surface area contributed by atoms with Crippen molar-refractivity contribution in [1.29, 1.82) is 0 Å². The van der Waals surface area contributed by atoms with Gasteiger partial charge < -0.3 is 0 Å². The fraction of sp³-hybridized carbons (Fsp3) is 0.269. The number of hydrogen-bond donors (Lipinski definition) is 0. The molecule has 0 N–H and O–H groups in total. The minimum atomic E-state index is 0.244. The first-order chi connectivity index (χ1) is 13.7. The van der Waals surface area contributed by atoms with Crippen LogP contribution in [0.1, 0.15) is 44.8 Å². The summed E-state index contributed by atoms with van der Waals surface area (Å²) in [5.74, 6) is 0.417. The van der Waals surface area contributed by atoms with Gasteiger partial charge in [-0.1, -0.05) is 49.7 Å². The second-order valence-corrected chi connectivity index (χ2v) is 8.02. The molecule has 0 atom stereocenters.